The molecule has 0 spiro atoms. The zero-order chi connectivity index (χ0) is 45.8. The van der Waals surface area contributed by atoms with Crippen LogP contribution in [0.5, 0.6) is 0 Å². The molecule has 0 aliphatic heterocycles. The highest BCUT2D eigenvalue weighted by atomic mass is 16.6. The van der Waals surface area contributed by atoms with Gasteiger partial charge in [-0.15, -0.1) is 0 Å². The first-order valence-corrected chi connectivity index (χ1v) is 27.8. The van der Waals surface area contributed by atoms with Gasteiger partial charge in [-0.1, -0.05) is 244 Å². The molecule has 0 aliphatic rings. The number of rotatable bonds is 51. The molecule has 0 saturated carbocycles. The zero-order valence-electron chi connectivity index (χ0n) is 42.4. The third kappa shape index (κ3) is 50.7. The summed E-state index contributed by atoms with van der Waals surface area (Å²) in [5, 5.41) is 0. The van der Waals surface area contributed by atoms with Crippen molar-refractivity contribution in [3.8, 4) is 0 Å². The average molecular weight is 887 g/mol. The number of ether oxygens (including phenoxy) is 3. The lowest BCUT2D eigenvalue weighted by atomic mass is 10.0. The van der Waals surface area contributed by atoms with Gasteiger partial charge in [-0.2, -0.15) is 0 Å². The Morgan fingerprint density at radius 3 is 0.841 bits per heavy atom. The minimum absolute atomic E-state index is 0.0743. The Kier molecular flexibility index (Phi) is 50.8. The summed E-state index contributed by atoms with van der Waals surface area (Å²) in [6.45, 7) is 6.63. The molecule has 0 aromatic carbocycles. The smallest absolute Gasteiger partial charge is 0.306 e. The molecule has 6 heteroatoms. The van der Waals surface area contributed by atoms with E-state index in [0.717, 1.165) is 70.6 Å². The second kappa shape index (κ2) is 52.5. The molecule has 0 aliphatic carbocycles. The standard InChI is InChI=1S/C57H106O6/c1-4-7-10-13-16-19-22-24-26-28-29-31-32-35-38-41-44-47-50-56(59)62-53-54(52-61-55(58)49-46-43-40-37-34-21-18-15-12-9-6-3)63-57(60)51-48-45-42-39-36-33-30-27-25-23-20-17-14-11-8-5-2/h15,18,29,31,54H,4-14,16-17,19-28,30,32-53H2,1-3H3/b18-15-,31-29-. The minimum Gasteiger partial charge on any atom is -0.462 e. The SMILES string of the molecule is CCCC/C=C\CCCCCCCC(=O)OCC(COC(=O)CCCCCCC/C=C\CCCCCCCCCCC)OC(=O)CCCCCCCCCCCCCCCCCC. The molecule has 0 heterocycles. The van der Waals surface area contributed by atoms with E-state index < -0.39 is 6.10 Å². The Morgan fingerprint density at radius 1 is 0.302 bits per heavy atom. The number of esters is 3. The highest BCUT2D eigenvalue weighted by molar-refractivity contribution is 5.71. The summed E-state index contributed by atoms with van der Waals surface area (Å²) in [6, 6.07) is 0. The molecule has 0 amide bonds. The predicted octanol–water partition coefficient (Wildman–Crippen LogP) is 18.3. The third-order valence-corrected chi connectivity index (χ3v) is 12.4. The molecule has 6 nitrogen and oxygen atoms in total. The van der Waals surface area contributed by atoms with Crippen LogP contribution in [-0.2, 0) is 28.6 Å². The van der Waals surface area contributed by atoms with E-state index in [4.69, 9.17) is 14.2 Å². The van der Waals surface area contributed by atoms with Crippen molar-refractivity contribution in [2.75, 3.05) is 13.2 Å². The van der Waals surface area contributed by atoms with Crippen LogP contribution in [0.1, 0.15) is 303 Å². The van der Waals surface area contributed by atoms with E-state index in [1.54, 1.807) is 0 Å². The molecular formula is C57H106O6. The summed E-state index contributed by atoms with van der Waals surface area (Å²) in [4.78, 5) is 38.0. The van der Waals surface area contributed by atoms with Crippen LogP contribution in [0.15, 0.2) is 24.3 Å². The van der Waals surface area contributed by atoms with Crippen LogP contribution in [0.2, 0.25) is 0 Å². The fourth-order valence-electron chi connectivity index (χ4n) is 8.18. The number of hydrogen-bond donors (Lipinski definition) is 0. The number of carbonyl (C=O) groups excluding carboxylic acids is 3. The molecule has 0 rings (SSSR count). The molecule has 1 atom stereocenters. The Morgan fingerprint density at radius 2 is 0.540 bits per heavy atom. The van der Waals surface area contributed by atoms with Gasteiger partial charge in [-0.3, -0.25) is 14.4 Å². The largest absolute Gasteiger partial charge is 0.462 e. The number of hydrogen-bond acceptors (Lipinski definition) is 6. The van der Waals surface area contributed by atoms with Crippen molar-refractivity contribution in [3.05, 3.63) is 24.3 Å². The first-order valence-electron chi connectivity index (χ1n) is 27.8. The summed E-state index contributed by atoms with van der Waals surface area (Å²) in [7, 11) is 0. The van der Waals surface area contributed by atoms with Gasteiger partial charge in [0.1, 0.15) is 13.2 Å². The lowest BCUT2D eigenvalue weighted by Crippen LogP contribution is -2.30. The van der Waals surface area contributed by atoms with E-state index in [1.165, 1.54) is 193 Å². The quantitative estimate of drug-likeness (QED) is 0.0262. The average Bonchev–Trinajstić information content (AvgIpc) is 3.28. The van der Waals surface area contributed by atoms with Crippen molar-refractivity contribution in [1.29, 1.82) is 0 Å². The normalized spacial score (nSPS) is 12.1. The molecule has 0 bridgehead atoms. The van der Waals surface area contributed by atoms with Crippen LogP contribution in [0, 0.1) is 0 Å². The number of allylic oxidation sites excluding steroid dienone is 4. The third-order valence-electron chi connectivity index (χ3n) is 12.4. The maximum absolute atomic E-state index is 12.8. The second-order valence-corrected chi connectivity index (χ2v) is 18.8. The molecule has 0 aromatic rings. The van der Waals surface area contributed by atoms with Gasteiger partial charge in [-0.25, -0.2) is 0 Å². The molecule has 63 heavy (non-hydrogen) atoms. The lowest BCUT2D eigenvalue weighted by Gasteiger charge is -2.18. The van der Waals surface area contributed by atoms with Gasteiger partial charge in [0.15, 0.2) is 6.10 Å². The molecule has 370 valence electrons. The Labute approximate surface area is 392 Å². The van der Waals surface area contributed by atoms with E-state index in [0.29, 0.717) is 19.3 Å². The van der Waals surface area contributed by atoms with Gasteiger partial charge in [-0.05, 0) is 64.2 Å². The highest BCUT2D eigenvalue weighted by Crippen LogP contribution is 2.16. The van der Waals surface area contributed by atoms with E-state index >= 15 is 0 Å². The first kappa shape index (κ1) is 60.9. The maximum Gasteiger partial charge on any atom is 0.306 e. The van der Waals surface area contributed by atoms with E-state index in [9.17, 15) is 14.4 Å². The summed E-state index contributed by atoms with van der Waals surface area (Å²) < 4.78 is 16.8. The van der Waals surface area contributed by atoms with Crippen molar-refractivity contribution in [3.63, 3.8) is 0 Å². The van der Waals surface area contributed by atoms with Gasteiger partial charge >= 0.3 is 17.9 Å². The van der Waals surface area contributed by atoms with Gasteiger partial charge in [0.05, 0.1) is 0 Å². The maximum atomic E-state index is 12.8. The Bertz CT molecular complexity index is 1020. The highest BCUT2D eigenvalue weighted by Gasteiger charge is 2.19. The van der Waals surface area contributed by atoms with Gasteiger partial charge in [0.25, 0.3) is 0 Å². The van der Waals surface area contributed by atoms with Crippen molar-refractivity contribution >= 4 is 17.9 Å². The Balaban J connectivity index is 4.31. The van der Waals surface area contributed by atoms with Gasteiger partial charge in [0, 0.05) is 19.3 Å². The topological polar surface area (TPSA) is 78.9 Å². The van der Waals surface area contributed by atoms with Crippen LogP contribution in [0.3, 0.4) is 0 Å². The van der Waals surface area contributed by atoms with Crippen molar-refractivity contribution < 1.29 is 28.6 Å². The minimum atomic E-state index is -0.773. The second-order valence-electron chi connectivity index (χ2n) is 18.8. The number of unbranched alkanes of at least 4 members (excludes halogenated alkanes) is 36. The van der Waals surface area contributed by atoms with Gasteiger partial charge < -0.3 is 14.2 Å². The lowest BCUT2D eigenvalue weighted by molar-refractivity contribution is -0.167. The zero-order valence-corrected chi connectivity index (χ0v) is 42.4. The van der Waals surface area contributed by atoms with Crippen LogP contribution in [0.4, 0.5) is 0 Å². The van der Waals surface area contributed by atoms with Crippen LogP contribution >= 0.6 is 0 Å². The fourth-order valence-corrected chi connectivity index (χ4v) is 8.18. The Hall–Kier alpha value is -2.11. The summed E-state index contributed by atoms with van der Waals surface area (Å²) in [5.41, 5.74) is 0. The van der Waals surface area contributed by atoms with Crippen LogP contribution < -0.4 is 0 Å². The van der Waals surface area contributed by atoms with Gasteiger partial charge in [0.2, 0.25) is 0 Å². The van der Waals surface area contributed by atoms with Crippen LogP contribution in [0.25, 0.3) is 0 Å². The summed E-state index contributed by atoms with van der Waals surface area (Å²) >= 11 is 0. The molecular weight excluding hydrogens is 781 g/mol. The summed E-state index contributed by atoms with van der Waals surface area (Å²) in [5.74, 6) is -0.875. The predicted molar refractivity (Wildman–Crippen MR) is 270 cm³/mol. The van der Waals surface area contributed by atoms with Crippen molar-refractivity contribution in [2.24, 2.45) is 0 Å². The molecule has 1 unspecified atom stereocenters. The molecule has 0 saturated heterocycles. The van der Waals surface area contributed by atoms with E-state index in [2.05, 4.69) is 45.1 Å². The monoisotopic (exact) mass is 887 g/mol. The van der Waals surface area contributed by atoms with Crippen molar-refractivity contribution in [2.45, 2.75) is 309 Å². The fraction of sp³-hybridized carbons (Fsp3) is 0.877. The molecule has 0 aromatic heterocycles. The molecule has 0 N–H and O–H groups in total. The van der Waals surface area contributed by atoms with E-state index in [1.807, 2.05) is 0 Å². The van der Waals surface area contributed by atoms with Crippen LogP contribution in [-0.4, -0.2) is 37.2 Å². The first-order chi connectivity index (χ1) is 31.0. The summed E-state index contributed by atoms with van der Waals surface area (Å²) in [6.07, 6.45) is 60.2. The van der Waals surface area contributed by atoms with Crippen molar-refractivity contribution in [1.82, 2.24) is 0 Å². The molecule has 0 radical (unpaired) electrons. The molecule has 0 fully saturated rings. The van der Waals surface area contributed by atoms with E-state index in [-0.39, 0.29) is 31.1 Å². The number of carbonyl (C=O) groups is 3.